The van der Waals surface area contributed by atoms with Crippen molar-refractivity contribution in [2.75, 3.05) is 11.9 Å². The van der Waals surface area contributed by atoms with Crippen molar-refractivity contribution in [3.05, 3.63) is 84.2 Å². The molecule has 1 N–H and O–H groups in total. The molecule has 2 atom stereocenters. The van der Waals surface area contributed by atoms with E-state index < -0.39 is 12.2 Å². The SMILES string of the molecule is O=C(Nc1cccc(-c2nc(C3COc4ccccc4O3)no2)c1)C1Cc2ccccc2O1. The van der Waals surface area contributed by atoms with Crippen LogP contribution in [-0.4, -0.2) is 28.8 Å². The predicted molar refractivity (Wildman–Crippen MR) is 118 cm³/mol. The maximum atomic E-state index is 12.7. The summed E-state index contributed by atoms with van der Waals surface area (Å²) >= 11 is 0. The molecule has 0 bridgehead atoms. The van der Waals surface area contributed by atoms with Gasteiger partial charge in [-0.05, 0) is 42.0 Å². The van der Waals surface area contributed by atoms with Gasteiger partial charge in [0.25, 0.3) is 11.8 Å². The molecule has 164 valence electrons. The third-order valence-corrected chi connectivity index (χ3v) is 5.55. The van der Waals surface area contributed by atoms with Gasteiger partial charge in [-0.2, -0.15) is 4.98 Å². The number of hydrogen-bond donors (Lipinski definition) is 1. The highest BCUT2D eigenvalue weighted by Crippen LogP contribution is 2.35. The molecule has 4 aromatic rings. The van der Waals surface area contributed by atoms with E-state index in [1.807, 2.05) is 60.7 Å². The minimum Gasteiger partial charge on any atom is -0.485 e. The van der Waals surface area contributed by atoms with Crippen molar-refractivity contribution in [1.82, 2.24) is 10.1 Å². The second-order valence-corrected chi connectivity index (χ2v) is 7.81. The van der Waals surface area contributed by atoms with Crippen molar-refractivity contribution in [1.29, 1.82) is 0 Å². The number of fused-ring (bicyclic) bond motifs is 2. The molecule has 1 aromatic heterocycles. The molecule has 8 nitrogen and oxygen atoms in total. The van der Waals surface area contributed by atoms with Crippen molar-refractivity contribution >= 4 is 11.6 Å². The molecule has 0 radical (unpaired) electrons. The second kappa shape index (κ2) is 7.98. The van der Waals surface area contributed by atoms with Crippen molar-refractivity contribution in [3.63, 3.8) is 0 Å². The lowest BCUT2D eigenvalue weighted by Crippen LogP contribution is -2.31. The Balaban J connectivity index is 1.15. The van der Waals surface area contributed by atoms with Crippen LogP contribution < -0.4 is 19.5 Å². The van der Waals surface area contributed by atoms with E-state index in [1.165, 1.54) is 0 Å². The summed E-state index contributed by atoms with van der Waals surface area (Å²) in [5, 5.41) is 6.98. The van der Waals surface area contributed by atoms with Crippen LogP contribution in [0, 0.1) is 0 Å². The van der Waals surface area contributed by atoms with Gasteiger partial charge in [0.1, 0.15) is 12.4 Å². The molecule has 2 unspecified atom stereocenters. The molecular formula is C25H19N3O5. The fourth-order valence-electron chi connectivity index (χ4n) is 3.91. The fraction of sp³-hybridized carbons (Fsp3) is 0.160. The molecule has 2 aliphatic heterocycles. The third-order valence-electron chi connectivity index (χ3n) is 5.55. The number of carbonyl (C=O) groups is 1. The highest BCUT2D eigenvalue weighted by Gasteiger charge is 2.29. The van der Waals surface area contributed by atoms with E-state index in [2.05, 4.69) is 15.5 Å². The standard InChI is InChI=1S/C25H19N3O5/c29-24(21-13-15-6-1-2-9-18(15)31-21)26-17-8-5-7-16(12-17)25-27-23(28-33-25)22-14-30-19-10-3-4-11-20(19)32-22/h1-12,21-22H,13-14H2,(H,26,29). The first-order valence-electron chi connectivity index (χ1n) is 10.6. The molecule has 33 heavy (non-hydrogen) atoms. The highest BCUT2D eigenvalue weighted by molar-refractivity contribution is 5.95. The molecule has 8 heteroatoms. The van der Waals surface area contributed by atoms with E-state index in [9.17, 15) is 4.79 Å². The molecule has 0 spiro atoms. The van der Waals surface area contributed by atoms with E-state index >= 15 is 0 Å². The number of anilines is 1. The zero-order valence-electron chi connectivity index (χ0n) is 17.4. The molecule has 0 fully saturated rings. The Morgan fingerprint density at radius 2 is 1.73 bits per heavy atom. The number of amides is 1. The van der Waals surface area contributed by atoms with Crippen LogP contribution >= 0.6 is 0 Å². The van der Waals surface area contributed by atoms with Crippen LogP contribution in [0.15, 0.2) is 77.3 Å². The number of ether oxygens (including phenoxy) is 3. The minimum atomic E-state index is -0.563. The number of benzene rings is 3. The maximum absolute atomic E-state index is 12.7. The van der Waals surface area contributed by atoms with Gasteiger partial charge in [0.15, 0.2) is 23.7 Å². The van der Waals surface area contributed by atoms with Gasteiger partial charge in [-0.1, -0.05) is 41.6 Å². The molecular weight excluding hydrogens is 422 g/mol. The monoisotopic (exact) mass is 441 g/mol. The molecule has 2 aliphatic rings. The zero-order valence-corrected chi connectivity index (χ0v) is 17.4. The van der Waals surface area contributed by atoms with Gasteiger partial charge in [0, 0.05) is 17.7 Å². The van der Waals surface area contributed by atoms with Crippen LogP contribution in [0.5, 0.6) is 17.2 Å². The van der Waals surface area contributed by atoms with Crippen LogP contribution in [0.4, 0.5) is 5.69 Å². The lowest BCUT2D eigenvalue weighted by atomic mass is 10.1. The summed E-state index contributed by atoms with van der Waals surface area (Å²) in [4.78, 5) is 17.2. The van der Waals surface area contributed by atoms with Gasteiger partial charge < -0.3 is 24.1 Å². The summed E-state index contributed by atoms with van der Waals surface area (Å²) in [6.45, 7) is 0.288. The molecule has 1 amide bonds. The number of hydrogen-bond acceptors (Lipinski definition) is 7. The van der Waals surface area contributed by atoms with Gasteiger partial charge in [0.2, 0.25) is 5.82 Å². The number of para-hydroxylation sites is 3. The lowest BCUT2D eigenvalue weighted by Gasteiger charge is -2.24. The zero-order chi connectivity index (χ0) is 22.2. The summed E-state index contributed by atoms with van der Waals surface area (Å²) in [7, 11) is 0. The van der Waals surface area contributed by atoms with Gasteiger partial charge in [-0.15, -0.1) is 0 Å². The third kappa shape index (κ3) is 3.76. The van der Waals surface area contributed by atoms with Crippen LogP contribution in [-0.2, 0) is 11.2 Å². The first-order chi connectivity index (χ1) is 16.2. The average molecular weight is 441 g/mol. The van der Waals surface area contributed by atoms with Crippen molar-refractivity contribution in [2.45, 2.75) is 18.6 Å². The summed E-state index contributed by atoms with van der Waals surface area (Å²) in [5.74, 6) is 2.60. The number of aromatic nitrogens is 2. The Morgan fingerprint density at radius 3 is 2.61 bits per heavy atom. The topological polar surface area (TPSA) is 95.7 Å². The molecule has 3 aromatic carbocycles. The normalized spacial score (nSPS) is 18.3. The number of carbonyl (C=O) groups excluding carboxylic acids is 1. The Kier molecular flexibility index (Phi) is 4.68. The Morgan fingerprint density at radius 1 is 0.909 bits per heavy atom. The lowest BCUT2D eigenvalue weighted by molar-refractivity contribution is -0.122. The maximum Gasteiger partial charge on any atom is 0.265 e. The molecule has 0 aliphatic carbocycles. The largest absolute Gasteiger partial charge is 0.485 e. The second-order valence-electron chi connectivity index (χ2n) is 7.81. The number of rotatable bonds is 4. The Bertz CT molecular complexity index is 1310. The summed E-state index contributed by atoms with van der Waals surface area (Å²) in [5.41, 5.74) is 2.32. The van der Waals surface area contributed by atoms with E-state index in [1.54, 1.807) is 12.1 Å². The van der Waals surface area contributed by atoms with Gasteiger partial charge in [-0.25, -0.2) is 0 Å². The van der Waals surface area contributed by atoms with Crippen LogP contribution in [0.2, 0.25) is 0 Å². The van der Waals surface area contributed by atoms with E-state index in [4.69, 9.17) is 18.7 Å². The van der Waals surface area contributed by atoms with Crippen LogP contribution in [0.1, 0.15) is 17.5 Å². The highest BCUT2D eigenvalue weighted by atomic mass is 16.6. The van der Waals surface area contributed by atoms with E-state index in [0.29, 0.717) is 40.9 Å². The quantitative estimate of drug-likeness (QED) is 0.507. The molecule has 0 saturated heterocycles. The van der Waals surface area contributed by atoms with Crippen LogP contribution in [0.25, 0.3) is 11.5 Å². The summed E-state index contributed by atoms with van der Waals surface area (Å²) in [6.07, 6.45) is -0.491. The Labute approximate surface area is 189 Å². The van der Waals surface area contributed by atoms with Crippen molar-refractivity contribution in [3.8, 4) is 28.7 Å². The number of nitrogens with zero attached hydrogens (tertiary/aromatic N) is 2. The van der Waals surface area contributed by atoms with Gasteiger partial charge >= 0.3 is 0 Å². The summed E-state index contributed by atoms with van der Waals surface area (Å²) < 4.78 is 22.9. The number of nitrogens with one attached hydrogen (secondary N) is 1. The van der Waals surface area contributed by atoms with Crippen molar-refractivity contribution in [2.24, 2.45) is 0 Å². The van der Waals surface area contributed by atoms with Crippen molar-refractivity contribution < 1.29 is 23.5 Å². The molecule has 0 saturated carbocycles. The summed E-state index contributed by atoms with van der Waals surface area (Å²) in [6, 6.07) is 22.4. The first-order valence-corrected chi connectivity index (χ1v) is 10.6. The smallest absolute Gasteiger partial charge is 0.265 e. The first kappa shape index (κ1) is 19.4. The van der Waals surface area contributed by atoms with Crippen LogP contribution in [0.3, 0.4) is 0 Å². The van der Waals surface area contributed by atoms with Gasteiger partial charge in [0.05, 0.1) is 0 Å². The molecule has 3 heterocycles. The minimum absolute atomic E-state index is 0.207. The Hall–Kier alpha value is -4.33. The van der Waals surface area contributed by atoms with Gasteiger partial charge in [-0.3, -0.25) is 4.79 Å². The molecule has 6 rings (SSSR count). The fourth-order valence-corrected chi connectivity index (χ4v) is 3.91. The van der Waals surface area contributed by atoms with E-state index in [0.717, 1.165) is 11.3 Å². The predicted octanol–water partition coefficient (Wildman–Crippen LogP) is 4.19. The van der Waals surface area contributed by atoms with E-state index in [-0.39, 0.29) is 12.5 Å². The average Bonchev–Trinajstić information content (AvgIpc) is 3.52.